The van der Waals surface area contributed by atoms with Crippen molar-refractivity contribution in [2.24, 2.45) is 0 Å². The number of hydrogen-bond acceptors (Lipinski definition) is 4. The summed E-state index contributed by atoms with van der Waals surface area (Å²) in [5, 5.41) is 2.89. The van der Waals surface area contributed by atoms with Crippen molar-refractivity contribution in [3.05, 3.63) is 54.1 Å². The quantitative estimate of drug-likeness (QED) is 0.789. The molecule has 0 aliphatic rings. The molecule has 0 atom stereocenters. The summed E-state index contributed by atoms with van der Waals surface area (Å²) in [7, 11) is 3.56. The molecule has 0 spiro atoms. The van der Waals surface area contributed by atoms with Crippen molar-refractivity contribution >= 4 is 23.4 Å². The van der Waals surface area contributed by atoms with Gasteiger partial charge in [0.2, 0.25) is 5.91 Å². The lowest BCUT2D eigenvalue weighted by Gasteiger charge is -2.16. The molecule has 4 nitrogen and oxygen atoms in total. The molecule has 0 saturated heterocycles. The lowest BCUT2D eigenvalue weighted by Crippen LogP contribution is -2.29. The van der Waals surface area contributed by atoms with E-state index in [1.807, 2.05) is 36.2 Å². The maximum Gasteiger partial charge on any atom is 0.238 e. The van der Waals surface area contributed by atoms with E-state index in [1.54, 1.807) is 18.9 Å². The number of rotatable bonds is 7. The van der Waals surface area contributed by atoms with Gasteiger partial charge in [0.1, 0.15) is 5.75 Å². The number of anilines is 1. The van der Waals surface area contributed by atoms with E-state index in [0.717, 1.165) is 18.0 Å². The molecule has 0 aliphatic carbocycles. The van der Waals surface area contributed by atoms with Gasteiger partial charge in [-0.1, -0.05) is 12.1 Å². The highest BCUT2D eigenvalue weighted by molar-refractivity contribution is 7.98. The lowest BCUT2D eigenvalue weighted by molar-refractivity contribution is -0.117. The Morgan fingerprint density at radius 3 is 2.35 bits per heavy atom. The van der Waals surface area contributed by atoms with Crippen LogP contribution in [0.2, 0.25) is 0 Å². The van der Waals surface area contributed by atoms with Crippen molar-refractivity contribution < 1.29 is 9.53 Å². The highest BCUT2D eigenvalue weighted by Crippen LogP contribution is 2.16. The molecule has 0 aromatic heterocycles. The van der Waals surface area contributed by atoms with Gasteiger partial charge in [-0.2, -0.15) is 0 Å². The second-order valence-corrected chi connectivity index (χ2v) is 6.18. The topological polar surface area (TPSA) is 41.6 Å². The number of ether oxygens (including phenoxy) is 1. The summed E-state index contributed by atoms with van der Waals surface area (Å²) in [6.07, 6.45) is 2.06. The molecule has 0 fully saturated rings. The average Bonchev–Trinajstić information content (AvgIpc) is 2.56. The number of carbonyl (C=O) groups is 1. The Hall–Kier alpha value is -1.98. The molecule has 0 radical (unpaired) electrons. The third-order valence-electron chi connectivity index (χ3n) is 3.40. The molecule has 2 rings (SSSR count). The predicted molar refractivity (Wildman–Crippen MR) is 96.2 cm³/mol. The third kappa shape index (κ3) is 5.62. The normalized spacial score (nSPS) is 10.6. The molecule has 122 valence electrons. The van der Waals surface area contributed by atoms with E-state index >= 15 is 0 Å². The molecule has 0 saturated carbocycles. The van der Waals surface area contributed by atoms with E-state index in [-0.39, 0.29) is 5.91 Å². The minimum Gasteiger partial charge on any atom is -0.497 e. The van der Waals surface area contributed by atoms with Crippen molar-refractivity contribution in [2.45, 2.75) is 11.4 Å². The van der Waals surface area contributed by atoms with E-state index in [2.05, 4.69) is 35.8 Å². The number of nitrogens with one attached hydrogen (secondary N) is 1. The minimum absolute atomic E-state index is 0.0293. The molecule has 1 amide bonds. The second-order valence-electron chi connectivity index (χ2n) is 5.30. The maximum atomic E-state index is 12.1. The predicted octanol–water partition coefficient (Wildman–Crippen LogP) is 3.49. The summed E-state index contributed by atoms with van der Waals surface area (Å²) in [5.41, 5.74) is 1.97. The van der Waals surface area contributed by atoms with Crippen LogP contribution in [0.15, 0.2) is 53.4 Å². The molecule has 1 N–H and O–H groups in total. The van der Waals surface area contributed by atoms with E-state index < -0.39 is 0 Å². The number of carbonyl (C=O) groups excluding carboxylic acids is 1. The Labute approximate surface area is 141 Å². The van der Waals surface area contributed by atoms with E-state index in [1.165, 1.54) is 10.5 Å². The SMILES string of the molecule is COc1ccc(NC(=O)CN(C)Cc2ccc(SC)cc2)cc1. The van der Waals surface area contributed by atoms with Crippen LogP contribution >= 0.6 is 11.8 Å². The van der Waals surface area contributed by atoms with Crippen LogP contribution in [-0.2, 0) is 11.3 Å². The lowest BCUT2D eigenvalue weighted by atomic mass is 10.2. The molecular formula is C18H22N2O2S. The number of benzene rings is 2. The molecule has 0 aliphatic heterocycles. The molecule has 2 aromatic rings. The Balaban J connectivity index is 1.83. The Bertz CT molecular complexity index is 626. The van der Waals surface area contributed by atoms with Gasteiger partial charge in [-0.3, -0.25) is 9.69 Å². The fourth-order valence-corrected chi connectivity index (χ4v) is 2.63. The molecule has 0 heterocycles. The van der Waals surface area contributed by atoms with E-state index in [4.69, 9.17) is 4.74 Å². The third-order valence-corrected chi connectivity index (χ3v) is 4.14. The van der Waals surface area contributed by atoms with Crippen LogP contribution in [0.25, 0.3) is 0 Å². The smallest absolute Gasteiger partial charge is 0.238 e. The number of methoxy groups -OCH3 is 1. The summed E-state index contributed by atoms with van der Waals surface area (Å²) in [6, 6.07) is 15.7. The van der Waals surface area contributed by atoms with Crippen molar-refractivity contribution in [2.75, 3.05) is 32.3 Å². The fraction of sp³-hybridized carbons (Fsp3) is 0.278. The fourth-order valence-electron chi connectivity index (χ4n) is 2.22. The largest absolute Gasteiger partial charge is 0.497 e. The van der Waals surface area contributed by atoms with Gasteiger partial charge in [0, 0.05) is 17.1 Å². The van der Waals surface area contributed by atoms with Crippen LogP contribution in [0.5, 0.6) is 5.75 Å². The van der Waals surface area contributed by atoms with Crippen LogP contribution in [-0.4, -0.2) is 37.8 Å². The summed E-state index contributed by atoms with van der Waals surface area (Å²) >= 11 is 1.72. The first-order valence-electron chi connectivity index (χ1n) is 7.36. The highest BCUT2D eigenvalue weighted by Gasteiger charge is 2.08. The van der Waals surface area contributed by atoms with Crippen LogP contribution in [0.3, 0.4) is 0 Å². The first-order chi connectivity index (χ1) is 11.1. The van der Waals surface area contributed by atoms with Crippen LogP contribution < -0.4 is 10.1 Å². The number of likely N-dealkylation sites (N-methyl/N-ethyl adjacent to an activating group) is 1. The van der Waals surface area contributed by atoms with Crippen LogP contribution in [0, 0.1) is 0 Å². The Kier molecular flexibility index (Phi) is 6.50. The van der Waals surface area contributed by atoms with Gasteiger partial charge in [0.15, 0.2) is 0 Å². The van der Waals surface area contributed by atoms with Gasteiger partial charge in [-0.25, -0.2) is 0 Å². The zero-order valence-electron chi connectivity index (χ0n) is 13.7. The zero-order valence-corrected chi connectivity index (χ0v) is 14.5. The number of hydrogen-bond donors (Lipinski definition) is 1. The van der Waals surface area contributed by atoms with E-state index in [0.29, 0.717) is 6.54 Å². The molecule has 23 heavy (non-hydrogen) atoms. The Morgan fingerprint density at radius 1 is 1.13 bits per heavy atom. The summed E-state index contributed by atoms with van der Waals surface area (Å²) in [6.45, 7) is 1.08. The number of thioether (sulfide) groups is 1. The van der Waals surface area contributed by atoms with Crippen LogP contribution in [0.4, 0.5) is 5.69 Å². The standard InChI is InChI=1S/C18H22N2O2S/c1-20(12-14-4-10-17(23-3)11-5-14)13-18(21)19-15-6-8-16(22-2)9-7-15/h4-11H,12-13H2,1-3H3,(H,19,21). The minimum atomic E-state index is -0.0293. The molecule has 0 bridgehead atoms. The van der Waals surface area contributed by atoms with E-state index in [9.17, 15) is 4.79 Å². The first kappa shape index (κ1) is 17.4. The number of nitrogens with zero attached hydrogens (tertiary/aromatic N) is 1. The van der Waals surface area contributed by atoms with Crippen molar-refractivity contribution in [3.63, 3.8) is 0 Å². The Morgan fingerprint density at radius 2 is 1.78 bits per heavy atom. The second kappa shape index (κ2) is 8.60. The monoisotopic (exact) mass is 330 g/mol. The van der Waals surface area contributed by atoms with Gasteiger partial charge >= 0.3 is 0 Å². The number of amides is 1. The van der Waals surface area contributed by atoms with Crippen LogP contribution in [0.1, 0.15) is 5.56 Å². The average molecular weight is 330 g/mol. The summed E-state index contributed by atoms with van der Waals surface area (Å²) < 4.78 is 5.10. The van der Waals surface area contributed by atoms with Gasteiger partial charge in [-0.05, 0) is 55.3 Å². The summed E-state index contributed by atoms with van der Waals surface area (Å²) in [4.78, 5) is 15.3. The molecule has 5 heteroatoms. The molecule has 0 unspecified atom stereocenters. The first-order valence-corrected chi connectivity index (χ1v) is 8.58. The van der Waals surface area contributed by atoms with Crippen molar-refractivity contribution in [1.82, 2.24) is 4.90 Å². The van der Waals surface area contributed by atoms with Gasteiger partial charge < -0.3 is 10.1 Å². The van der Waals surface area contributed by atoms with Gasteiger partial charge in [0.25, 0.3) is 0 Å². The highest BCUT2D eigenvalue weighted by atomic mass is 32.2. The van der Waals surface area contributed by atoms with Crippen molar-refractivity contribution in [3.8, 4) is 5.75 Å². The van der Waals surface area contributed by atoms with Crippen molar-refractivity contribution in [1.29, 1.82) is 0 Å². The zero-order chi connectivity index (χ0) is 16.7. The summed E-state index contributed by atoms with van der Waals surface area (Å²) in [5.74, 6) is 0.743. The van der Waals surface area contributed by atoms with Gasteiger partial charge in [-0.15, -0.1) is 11.8 Å². The molecule has 2 aromatic carbocycles. The van der Waals surface area contributed by atoms with Gasteiger partial charge in [0.05, 0.1) is 13.7 Å². The maximum absolute atomic E-state index is 12.1. The molecular weight excluding hydrogens is 308 g/mol.